The smallest absolute Gasteiger partial charge is 0.257 e. The van der Waals surface area contributed by atoms with Gasteiger partial charge in [-0.25, -0.2) is 14.1 Å². The van der Waals surface area contributed by atoms with Gasteiger partial charge in [0.1, 0.15) is 17.0 Å². The fourth-order valence-corrected chi connectivity index (χ4v) is 4.05. The maximum Gasteiger partial charge on any atom is 0.257 e. The Bertz CT molecular complexity index is 1190. The predicted molar refractivity (Wildman–Crippen MR) is 110 cm³/mol. The van der Waals surface area contributed by atoms with Gasteiger partial charge in [0.05, 0.1) is 17.5 Å². The highest BCUT2D eigenvalue weighted by atomic mass is 19.1. The van der Waals surface area contributed by atoms with Gasteiger partial charge in [0, 0.05) is 19.0 Å². The molecule has 0 radical (unpaired) electrons. The molecule has 0 aliphatic carbocycles. The van der Waals surface area contributed by atoms with Crippen LogP contribution in [0.15, 0.2) is 59.1 Å². The monoisotopic (exact) mass is 404 g/mol. The summed E-state index contributed by atoms with van der Waals surface area (Å²) in [4.78, 5) is 19.5. The Morgan fingerprint density at radius 3 is 2.60 bits per heavy atom. The molecule has 30 heavy (non-hydrogen) atoms. The molecule has 0 spiro atoms. The zero-order valence-corrected chi connectivity index (χ0v) is 16.6. The van der Waals surface area contributed by atoms with Gasteiger partial charge in [0.15, 0.2) is 11.5 Å². The highest BCUT2D eigenvalue weighted by Crippen LogP contribution is 2.30. The second-order valence-electron chi connectivity index (χ2n) is 7.59. The van der Waals surface area contributed by atoms with Gasteiger partial charge >= 0.3 is 0 Å². The molecule has 0 atom stereocenters. The third-order valence-corrected chi connectivity index (χ3v) is 5.76. The Labute approximate surface area is 172 Å². The fraction of sp³-hybridized carbons (Fsp3) is 0.261. The quantitative estimate of drug-likeness (QED) is 0.505. The molecule has 4 aromatic rings. The first-order valence-electron chi connectivity index (χ1n) is 10.1. The second kappa shape index (κ2) is 7.40. The van der Waals surface area contributed by atoms with Crippen molar-refractivity contribution in [3.63, 3.8) is 0 Å². The van der Waals surface area contributed by atoms with Gasteiger partial charge in [-0.05, 0) is 44.0 Å². The van der Waals surface area contributed by atoms with E-state index < -0.39 is 0 Å². The molecular weight excluding hydrogens is 383 g/mol. The van der Waals surface area contributed by atoms with Crippen molar-refractivity contribution in [1.82, 2.24) is 19.7 Å². The summed E-state index contributed by atoms with van der Waals surface area (Å²) < 4.78 is 21.5. The first-order valence-corrected chi connectivity index (χ1v) is 10.1. The average molecular weight is 404 g/mol. The Balaban J connectivity index is 1.31. The number of carbonyl (C=O) groups excluding carboxylic acids is 1. The topological polar surface area (TPSA) is 64.2 Å². The highest BCUT2D eigenvalue weighted by Gasteiger charge is 2.29. The maximum atomic E-state index is 14.1. The van der Waals surface area contributed by atoms with Crippen LogP contribution in [-0.4, -0.2) is 38.7 Å². The molecule has 2 aromatic heterocycles. The summed E-state index contributed by atoms with van der Waals surface area (Å²) >= 11 is 0. The summed E-state index contributed by atoms with van der Waals surface area (Å²) in [7, 11) is 0. The molecule has 0 saturated carbocycles. The molecule has 0 bridgehead atoms. The molecule has 1 fully saturated rings. The molecule has 3 heterocycles. The molecular formula is C23H21FN4O2. The van der Waals surface area contributed by atoms with Crippen molar-refractivity contribution in [1.29, 1.82) is 0 Å². The van der Waals surface area contributed by atoms with Crippen molar-refractivity contribution in [3.05, 3.63) is 77.7 Å². The predicted octanol–water partition coefficient (Wildman–Crippen LogP) is 4.48. The van der Waals surface area contributed by atoms with E-state index >= 15 is 0 Å². The Morgan fingerprint density at radius 1 is 1.10 bits per heavy atom. The molecule has 1 amide bonds. The molecule has 1 saturated heterocycles. The number of piperidine rings is 1. The number of hydrogen-bond donors (Lipinski definition) is 0. The van der Waals surface area contributed by atoms with Crippen LogP contribution >= 0.6 is 0 Å². The van der Waals surface area contributed by atoms with Crippen molar-refractivity contribution < 1.29 is 13.6 Å². The largest absolute Gasteiger partial charge is 0.440 e. The zero-order valence-electron chi connectivity index (χ0n) is 16.6. The van der Waals surface area contributed by atoms with Gasteiger partial charge in [0.2, 0.25) is 0 Å². The van der Waals surface area contributed by atoms with Crippen LogP contribution < -0.4 is 0 Å². The number of amides is 1. The van der Waals surface area contributed by atoms with Crippen LogP contribution in [0.5, 0.6) is 0 Å². The second-order valence-corrected chi connectivity index (χ2v) is 7.59. The Kier molecular flexibility index (Phi) is 4.58. The van der Waals surface area contributed by atoms with Crippen molar-refractivity contribution >= 4 is 17.0 Å². The van der Waals surface area contributed by atoms with Crippen molar-refractivity contribution in [2.75, 3.05) is 13.1 Å². The van der Waals surface area contributed by atoms with E-state index in [2.05, 4.69) is 10.1 Å². The molecule has 1 aliphatic heterocycles. The number of carbonyl (C=O) groups is 1. The minimum atomic E-state index is -0.373. The summed E-state index contributed by atoms with van der Waals surface area (Å²) in [6.45, 7) is 3.02. The molecule has 0 N–H and O–H groups in total. The van der Waals surface area contributed by atoms with Crippen LogP contribution in [0, 0.1) is 12.7 Å². The summed E-state index contributed by atoms with van der Waals surface area (Å²) in [6, 6.07) is 14.1. The lowest BCUT2D eigenvalue weighted by molar-refractivity contribution is 0.0706. The lowest BCUT2D eigenvalue weighted by atomic mass is 9.96. The number of benzene rings is 2. The van der Waals surface area contributed by atoms with Gasteiger partial charge in [-0.3, -0.25) is 4.79 Å². The van der Waals surface area contributed by atoms with Crippen LogP contribution in [0.3, 0.4) is 0 Å². The van der Waals surface area contributed by atoms with E-state index in [1.54, 1.807) is 25.1 Å². The van der Waals surface area contributed by atoms with Crippen LogP contribution in [0.2, 0.25) is 0 Å². The summed E-state index contributed by atoms with van der Waals surface area (Å²) in [5.74, 6) is 0.489. The lowest BCUT2D eigenvalue weighted by Crippen LogP contribution is -2.38. The van der Waals surface area contributed by atoms with Crippen molar-refractivity contribution in [2.45, 2.75) is 25.7 Å². The van der Waals surface area contributed by atoms with E-state index in [4.69, 9.17) is 4.42 Å². The molecule has 1 aliphatic rings. The maximum absolute atomic E-state index is 14.1. The SMILES string of the molecule is Cc1c(C(=O)N2CCC(c3nc4ccccc4o3)CC2)cnn1-c1ccccc1F. The zero-order chi connectivity index (χ0) is 20.7. The minimum absolute atomic E-state index is 0.0777. The van der Waals surface area contributed by atoms with Gasteiger partial charge in [-0.2, -0.15) is 5.10 Å². The van der Waals surface area contributed by atoms with Crippen LogP contribution in [-0.2, 0) is 0 Å². The van der Waals surface area contributed by atoms with Crippen LogP contribution in [0.1, 0.15) is 40.7 Å². The van der Waals surface area contributed by atoms with Crippen molar-refractivity contribution in [2.24, 2.45) is 0 Å². The number of halogens is 1. The van der Waals surface area contributed by atoms with Gasteiger partial charge in [-0.15, -0.1) is 0 Å². The van der Waals surface area contributed by atoms with Gasteiger partial charge < -0.3 is 9.32 Å². The van der Waals surface area contributed by atoms with Crippen LogP contribution in [0.4, 0.5) is 4.39 Å². The normalized spacial score (nSPS) is 15.1. The minimum Gasteiger partial charge on any atom is -0.440 e. The molecule has 5 rings (SSSR count). The summed E-state index contributed by atoms with van der Waals surface area (Å²) in [6.07, 6.45) is 3.11. The standard InChI is InChI=1S/C23H21FN4O2/c1-15-17(14-25-28(15)20-8-4-2-6-18(20)24)23(29)27-12-10-16(11-13-27)22-26-19-7-3-5-9-21(19)30-22/h2-9,14,16H,10-13H2,1H3. The lowest BCUT2D eigenvalue weighted by Gasteiger charge is -2.30. The summed E-state index contributed by atoms with van der Waals surface area (Å²) in [5, 5.41) is 4.25. The third-order valence-electron chi connectivity index (χ3n) is 5.76. The summed E-state index contributed by atoms with van der Waals surface area (Å²) in [5.41, 5.74) is 3.12. The van der Waals surface area contributed by atoms with Gasteiger partial charge in [-0.1, -0.05) is 24.3 Å². The number of hydrogen-bond acceptors (Lipinski definition) is 4. The number of rotatable bonds is 3. The van der Waals surface area contributed by atoms with E-state index in [0.29, 0.717) is 30.0 Å². The number of fused-ring (bicyclic) bond motifs is 1. The first kappa shape index (κ1) is 18.5. The number of likely N-dealkylation sites (tertiary alicyclic amines) is 1. The van der Waals surface area contributed by atoms with Crippen LogP contribution in [0.25, 0.3) is 16.8 Å². The number of aromatic nitrogens is 3. The molecule has 6 nitrogen and oxygen atoms in total. The Morgan fingerprint density at radius 2 is 1.83 bits per heavy atom. The van der Waals surface area contributed by atoms with E-state index in [1.807, 2.05) is 29.2 Å². The van der Waals surface area contributed by atoms with Crippen molar-refractivity contribution in [3.8, 4) is 5.69 Å². The highest BCUT2D eigenvalue weighted by molar-refractivity contribution is 5.95. The number of nitrogens with zero attached hydrogens (tertiary/aromatic N) is 4. The first-order chi connectivity index (χ1) is 14.6. The molecule has 152 valence electrons. The average Bonchev–Trinajstić information content (AvgIpc) is 3.37. The van der Waals surface area contributed by atoms with E-state index in [0.717, 1.165) is 29.8 Å². The number of oxazole rings is 1. The molecule has 2 aromatic carbocycles. The van der Waals surface area contributed by atoms with E-state index in [1.165, 1.54) is 16.9 Å². The molecule has 7 heteroatoms. The number of para-hydroxylation sites is 3. The molecule has 0 unspecified atom stereocenters. The third kappa shape index (κ3) is 3.16. The van der Waals surface area contributed by atoms with Gasteiger partial charge in [0.25, 0.3) is 5.91 Å². The Hall–Kier alpha value is -3.48. The van der Waals surface area contributed by atoms with E-state index in [-0.39, 0.29) is 17.6 Å². The fourth-order valence-electron chi connectivity index (χ4n) is 4.05. The van der Waals surface area contributed by atoms with E-state index in [9.17, 15) is 9.18 Å².